The summed E-state index contributed by atoms with van der Waals surface area (Å²) in [5, 5.41) is 11.2. The van der Waals surface area contributed by atoms with Crippen molar-refractivity contribution in [1.82, 2.24) is 10.3 Å². The Labute approximate surface area is 105 Å². The predicted octanol–water partition coefficient (Wildman–Crippen LogP) is 0.451. The van der Waals surface area contributed by atoms with Crippen LogP contribution in [-0.4, -0.2) is 28.0 Å². The Bertz CT molecular complexity index is 408. The standard InChI is InChI=1S/C12H17N3O3/c1-8(9-3-2-6-14-7-9)15-12(18)10(13)4-5-11(16)17/h2-3,6-8,10H,4-5,13H2,1H3,(H,15,18)(H,16,17). The van der Waals surface area contributed by atoms with Gasteiger partial charge in [-0.15, -0.1) is 0 Å². The second-order valence-corrected chi connectivity index (χ2v) is 4.06. The van der Waals surface area contributed by atoms with Crippen LogP contribution in [0.2, 0.25) is 0 Å². The van der Waals surface area contributed by atoms with E-state index in [2.05, 4.69) is 10.3 Å². The largest absolute Gasteiger partial charge is 0.481 e. The van der Waals surface area contributed by atoms with E-state index in [1.807, 2.05) is 13.0 Å². The second kappa shape index (κ2) is 6.70. The van der Waals surface area contributed by atoms with Crippen molar-refractivity contribution in [3.63, 3.8) is 0 Å². The van der Waals surface area contributed by atoms with Crippen LogP contribution in [0.25, 0.3) is 0 Å². The molecular weight excluding hydrogens is 234 g/mol. The van der Waals surface area contributed by atoms with Crippen molar-refractivity contribution in [2.75, 3.05) is 0 Å². The quantitative estimate of drug-likeness (QED) is 0.680. The molecule has 0 spiro atoms. The number of pyridine rings is 1. The lowest BCUT2D eigenvalue weighted by atomic mass is 10.1. The van der Waals surface area contributed by atoms with Gasteiger partial charge in [0.2, 0.25) is 5.91 Å². The third-order valence-electron chi connectivity index (χ3n) is 2.55. The van der Waals surface area contributed by atoms with Gasteiger partial charge in [0, 0.05) is 18.8 Å². The smallest absolute Gasteiger partial charge is 0.303 e. The van der Waals surface area contributed by atoms with Crippen LogP contribution in [0.3, 0.4) is 0 Å². The lowest BCUT2D eigenvalue weighted by Gasteiger charge is -2.17. The van der Waals surface area contributed by atoms with Crippen LogP contribution < -0.4 is 11.1 Å². The zero-order valence-electron chi connectivity index (χ0n) is 10.2. The fourth-order valence-electron chi connectivity index (χ4n) is 1.45. The fourth-order valence-corrected chi connectivity index (χ4v) is 1.45. The number of amides is 1. The normalized spacial score (nSPS) is 13.7. The van der Waals surface area contributed by atoms with E-state index in [1.165, 1.54) is 0 Å². The molecule has 0 aliphatic rings. The predicted molar refractivity (Wildman–Crippen MR) is 65.6 cm³/mol. The summed E-state index contributed by atoms with van der Waals surface area (Å²) < 4.78 is 0. The van der Waals surface area contributed by atoms with E-state index in [0.29, 0.717) is 0 Å². The van der Waals surface area contributed by atoms with Crippen molar-refractivity contribution >= 4 is 11.9 Å². The first-order valence-electron chi connectivity index (χ1n) is 5.68. The molecule has 1 aromatic heterocycles. The van der Waals surface area contributed by atoms with Crippen LogP contribution in [0.1, 0.15) is 31.4 Å². The molecule has 1 aromatic rings. The van der Waals surface area contributed by atoms with Gasteiger partial charge in [0.15, 0.2) is 0 Å². The minimum Gasteiger partial charge on any atom is -0.481 e. The number of nitrogens with one attached hydrogen (secondary N) is 1. The third-order valence-corrected chi connectivity index (χ3v) is 2.55. The monoisotopic (exact) mass is 251 g/mol. The zero-order chi connectivity index (χ0) is 13.5. The SMILES string of the molecule is CC(NC(=O)C(N)CCC(=O)O)c1cccnc1. The van der Waals surface area contributed by atoms with Crippen LogP contribution >= 0.6 is 0 Å². The molecule has 1 heterocycles. The molecule has 98 valence electrons. The number of hydrogen-bond donors (Lipinski definition) is 3. The van der Waals surface area contributed by atoms with Gasteiger partial charge in [-0.3, -0.25) is 14.6 Å². The van der Waals surface area contributed by atoms with E-state index in [-0.39, 0.29) is 24.8 Å². The lowest BCUT2D eigenvalue weighted by molar-refractivity contribution is -0.137. The maximum Gasteiger partial charge on any atom is 0.303 e. The summed E-state index contributed by atoms with van der Waals surface area (Å²) in [4.78, 5) is 26.0. The van der Waals surface area contributed by atoms with Crippen LogP contribution in [0.5, 0.6) is 0 Å². The van der Waals surface area contributed by atoms with Crippen molar-refractivity contribution in [2.24, 2.45) is 5.73 Å². The summed E-state index contributed by atoms with van der Waals surface area (Å²) in [5.41, 5.74) is 6.47. The van der Waals surface area contributed by atoms with Crippen LogP contribution in [-0.2, 0) is 9.59 Å². The average molecular weight is 251 g/mol. The molecule has 18 heavy (non-hydrogen) atoms. The number of carboxylic acids is 1. The highest BCUT2D eigenvalue weighted by molar-refractivity contribution is 5.82. The summed E-state index contributed by atoms with van der Waals surface area (Å²) in [6.45, 7) is 1.82. The van der Waals surface area contributed by atoms with Crippen LogP contribution in [0, 0.1) is 0 Å². The summed E-state index contributed by atoms with van der Waals surface area (Å²) >= 11 is 0. The van der Waals surface area contributed by atoms with Gasteiger partial charge < -0.3 is 16.2 Å². The molecule has 0 fully saturated rings. The van der Waals surface area contributed by atoms with E-state index < -0.39 is 12.0 Å². The molecule has 0 aliphatic carbocycles. The molecule has 1 amide bonds. The van der Waals surface area contributed by atoms with Gasteiger partial charge in [-0.2, -0.15) is 0 Å². The average Bonchev–Trinajstić information content (AvgIpc) is 2.36. The number of nitrogens with zero attached hydrogens (tertiary/aromatic N) is 1. The molecule has 0 saturated carbocycles. The van der Waals surface area contributed by atoms with Gasteiger partial charge in [0.25, 0.3) is 0 Å². The van der Waals surface area contributed by atoms with Crippen LogP contribution in [0.15, 0.2) is 24.5 Å². The number of carboxylic acid groups (broad SMARTS) is 1. The molecule has 1 rings (SSSR count). The Morgan fingerprint density at radius 2 is 2.28 bits per heavy atom. The van der Waals surface area contributed by atoms with Crippen molar-refractivity contribution in [3.05, 3.63) is 30.1 Å². The Hall–Kier alpha value is -1.95. The molecule has 0 bridgehead atoms. The van der Waals surface area contributed by atoms with E-state index in [0.717, 1.165) is 5.56 Å². The summed E-state index contributed by atoms with van der Waals surface area (Å²) in [6.07, 6.45) is 3.32. The first-order chi connectivity index (χ1) is 8.50. The second-order valence-electron chi connectivity index (χ2n) is 4.06. The lowest BCUT2D eigenvalue weighted by Crippen LogP contribution is -2.41. The highest BCUT2D eigenvalue weighted by Crippen LogP contribution is 2.10. The maximum atomic E-state index is 11.7. The molecule has 0 aliphatic heterocycles. The first-order valence-corrected chi connectivity index (χ1v) is 5.68. The molecule has 6 nitrogen and oxygen atoms in total. The van der Waals surface area contributed by atoms with E-state index in [1.54, 1.807) is 18.5 Å². The van der Waals surface area contributed by atoms with E-state index in [9.17, 15) is 9.59 Å². The van der Waals surface area contributed by atoms with Crippen molar-refractivity contribution in [1.29, 1.82) is 0 Å². The van der Waals surface area contributed by atoms with Gasteiger partial charge in [-0.05, 0) is 25.0 Å². The summed E-state index contributed by atoms with van der Waals surface area (Å²) in [7, 11) is 0. The van der Waals surface area contributed by atoms with Gasteiger partial charge in [-0.25, -0.2) is 0 Å². The number of hydrogen-bond acceptors (Lipinski definition) is 4. The number of aromatic nitrogens is 1. The first kappa shape index (κ1) is 14.1. The third kappa shape index (κ3) is 4.50. The van der Waals surface area contributed by atoms with Crippen molar-refractivity contribution in [2.45, 2.75) is 31.8 Å². The molecule has 4 N–H and O–H groups in total. The summed E-state index contributed by atoms with van der Waals surface area (Å²) in [5.74, 6) is -1.31. The fraction of sp³-hybridized carbons (Fsp3) is 0.417. The molecule has 0 radical (unpaired) electrons. The van der Waals surface area contributed by atoms with E-state index in [4.69, 9.17) is 10.8 Å². The number of rotatable bonds is 6. The molecule has 6 heteroatoms. The molecule has 0 saturated heterocycles. The van der Waals surface area contributed by atoms with E-state index >= 15 is 0 Å². The number of carbonyl (C=O) groups excluding carboxylic acids is 1. The topological polar surface area (TPSA) is 105 Å². The Morgan fingerprint density at radius 1 is 1.56 bits per heavy atom. The minimum absolute atomic E-state index is 0.115. The highest BCUT2D eigenvalue weighted by atomic mass is 16.4. The summed E-state index contributed by atoms with van der Waals surface area (Å²) in [6, 6.07) is 2.62. The number of nitrogens with two attached hydrogens (primary N) is 1. The molecule has 2 unspecified atom stereocenters. The molecule has 2 atom stereocenters. The Balaban J connectivity index is 2.46. The minimum atomic E-state index is -0.960. The highest BCUT2D eigenvalue weighted by Gasteiger charge is 2.17. The number of carbonyl (C=O) groups is 2. The van der Waals surface area contributed by atoms with Crippen molar-refractivity contribution < 1.29 is 14.7 Å². The Morgan fingerprint density at radius 3 is 2.83 bits per heavy atom. The Kier molecular flexibility index (Phi) is 5.26. The van der Waals surface area contributed by atoms with Gasteiger partial charge in [-0.1, -0.05) is 6.07 Å². The van der Waals surface area contributed by atoms with Crippen LogP contribution in [0.4, 0.5) is 0 Å². The zero-order valence-corrected chi connectivity index (χ0v) is 10.2. The van der Waals surface area contributed by atoms with Gasteiger partial charge in [0.05, 0.1) is 12.1 Å². The maximum absolute atomic E-state index is 11.7. The number of aliphatic carboxylic acids is 1. The van der Waals surface area contributed by atoms with Gasteiger partial charge >= 0.3 is 5.97 Å². The molecular formula is C12H17N3O3. The van der Waals surface area contributed by atoms with Crippen molar-refractivity contribution in [3.8, 4) is 0 Å². The van der Waals surface area contributed by atoms with Gasteiger partial charge in [0.1, 0.15) is 0 Å². The molecule has 0 aromatic carbocycles.